The summed E-state index contributed by atoms with van der Waals surface area (Å²) in [5, 5.41) is 9.24. The number of fused-ring (bicyclic) bond motifs is 10. The largest absolute Gasteiger partial charge is 0.455 e. The van der Waals surface area contributed by atoms with Crippen molar-refractivity contribution >= 4 is 65.3 Å². The van der Waals surface area contributed by atoms with Crippen LogP contribution in [-0.4, -0.2) is 9.97 Å². The number of hydrogen-bond donors (Lipinski definition) is 0. The van der Waals surface area contributed by atoms with Crippen molar-refractivity contribution in [2.45, 2.75) is 6.92 Å². The highest BCUT2D eigenvalue weighted by Crippen LogP contribution is 2.44. The number of rotatable bonds is 3. The molecule has 224 valence electrons. The summed E-state index contributed by atoms with van der Waals surface area (Å²) in [7, 11) is 0. The Morgan fingerprint density at radius 3 is 1.92 bits per heavy atom. The number of furan rings is 1. The quantitative estimate of drug-likeness (QED) is 0.186. The number of para-hydroxylation sites is 1. The van der Waals surface area contributed by atoms with Gasteiger partial charge in [-0.3, -0.25) is 4.98 Å². The minimum absolute atomic E-state index is 0.842. The summed E-state index contributed by atoms with van der Waals surface area (Å²) in [6.07, 6.45) is 1.91. The lowest BCUT2D eigenvalue weighted by atomic mass is 9.94. The van der Waals surface area contributed by atoms with E-state index in [2.05, 4.69) is 153 Å². The molecule has 0 aliphatic carbocycles. The van der Waals surface area contributed by atoms with Crippen LogP contribution in [0.5, 0.6) is 0 Å². The van der Waals surface area contributed by atoms with Crippen molar-refractivity contribution < 1.29 is 4.42 Å². The summed E-state index contributed by atoms with van der Waals surface area (Å²) in [4.78, 5) is 10.3. The first-order valence-corrected chi connectivity index (χ1v) is 16.3. The molecule has 8 aromatic carbocycles. The van der Waals surface area contributed by atoms with Gasteiger partial charge in [0.1, 0.15) is 11.2 Å². The predicted octanol–water partition coefficient (Wildman–Crippen LogP) is 12.3. The minimum atomic E-state index is 0.842. The van der Waals surface area contributed by atoms with Crippen LogP contribution in [0.15, 0.2) is 156 Å². The average Bonchev–Trinajstić information content (AvgIpc) is 3.52. The Bertz CT molecular complexity index is 2880. The molecule has 10 aromatic rings. The number of benzene rings is 8. The lowest BCUT2D eigenvalue weighted by Crippen LogP contribution is -1.92. The van der Waals surface area contributed by atoms with Crippen LogP contribution in [0.25, 0.3) is 98.8 Å². The Labute approximate surface area is 276 Å². The lowest BCUT2D eigenvalue weighted by Gasteiger charge is -2.11. The Morgan fingerprint density at radius 2 is 1.10 bits per heavy atom. The van der Waals surface area contributed by atoms with Crippen LogP contribution >= 0.6 is 0 Å². The van der Waals surface area contributed by atoms with Gasteiger partial charge in [0.25, 0.3) is 0 Å². The number of hydrogen-bond acceptors (Lipinski definition) is 3. The summed E-state index contributed by atoms with van der Waals surface area (Å²) in [6, 6.07) is 51.5. The molecule has 10 rings (SSSR count). The molecule has 0 fully saturated rings. The van der Waals surface area contributed by atoms with Gasteiger partial charge in [-0.25, -0.2) is 4.98 Å². The van der Waals surface area contributed by atoms with E-state index in [1.54, 1.807) is 0 Å². The van der Waals surface area contributed by atoms with E-state index in [1.807, 2.05) is 6.20 Å². The standard InChI is InChI=1S/C45H28N2O/c1-27-11-8-15-31(23-27)41-32-16-3-2-12-29(32)25-39-38-22-10-21-33(44(38)48-45(39)41)28-13-9-14-30(24-28)40-26-46-42-36-19-6-4-17-34(36)35-18-5-7-20-37(35)43(42)47-40/h2-26H,1H3. The van der Waals surface area contributed by atoms with Crippen molar-refractivity contribution in [3.05, 3.63) is 157 Å². The third-order valence-corrected chi connectivity index (χ3v) is 9.71. The molecule has 0 spiro atoms. The highest BCUT2D eigenvalue weighted by atomic mass is 16.3. The molecule has 0 saturated heterocycles. The topological polar surface area (TPSA) is 38.9 Å². The van der Waals surface area contributed by atoms with Crippen LogP contribution in [0.4, 0.5) is 0 Å². The first-order valence-electron chi connectivity index (χ1n) is 16.3. The van der Waals surface area contributed by atoms with Gasteiger partial charge in [0, 0.05) is 38.2 Å². The van der Waals surface area contributed by atoms with Crippen LogP contribution in [-0.2, 0) is 0 Å². The number of aryl methyl sites for hydroxylation is 1. The van der Waals surface area contributed by atoms with E-state index >= 15 is 0 Å². The molecule has 0 N–H and O–H groups in total. The summed E-state index contributed by atoms with van der Waals surface area (Å²) in [5.74, 6) is 0. The molecule has 48 heavy (non-hydrogen) atoms. The molecule has 0 atom stereocenters. The Balaban J connectivity index is 1.18. The van der Waals surface area contributed by atoms with Gasteiger partial charge in [-0.15, -0.1) is 0 Å². The third kappa shape index (κ3) is 4.01. The monoisotopic (exact) mass is 612 g/mol. The van der Waals surface area contributed by atoms with Gasteiger partial charge in [-0.1, -0.05) is 139 Å². The van der Waals surface area contributed by atoms with E-state index in [0.717, 1.165) is 77.3 Å². The molecule has 2 heterocycles. The average molecular weight is 613 g/mol. The number of aromatic nitrogens is 2. The number of nitrogens with zero attached hydrogens (tertiary/aromatic N) is 2. The van der Waals surface area contributed by atoms with E-state index < -0.39 is 0 Å². The van der Waals surface area contributed by atoms with Gasteiger partial charge in [0.2, 0.25) is 0 Å². The molecule has 0 bridgehead atoms. The second-order valence-corrected chi connectivity index (χ2v) is 12.6. The van der Waals surface area contributed by atoms with Gasteiger partial charge in [0.15, 0.2) is 0 Å². The second-order valence-electron chi connectivity index (χ2n) is 12.6. The van der Waals surface area contributed by atoms with E-state index in [0.29, 0.717) is 0 Å². The predicted molar refractivity (Wildman–Crippen MR) is 200 cm³/mol. The van der Waals surface area contributed by atoms with Gasteiger partial charge in [-0.05, 0) is 51.7 Å². The van der Waals surface area contributed by atoms with Gasteiger partial charge >= 0.3 is 0 Å². The van der Waals surface area contributed by atoms with Crippen molar-refractivity contribution in [1.82, 2.24) is 9.97 Å². The van der Waals surface area contributed by atoms with E-state index in [-0.39, 0.29) is 0 Å². The third-order valence-electron chi connectivity index (χ3n) is 9.71. The van der Waals surface area contributed by atoms with E-state index in [9.17, 15) is 0 Å². The molecule has 0 saturated carbocycles. The lowest BCUT2D eigenvalue weighted by molar-refractivity contribution is 0.671. The Morgan fingerprint density at radius 1 is 0.458 bits per heavy atom. The molecule has 0 amide bonds. The zero-order valence-electron chi connectivity index (χ0n) is 26.2. The highest BCUT2D eigenvalue weighted by molar-refractivity contribution is 6.23. The normalized spacial score (nSPS) is 11.9. The van der Waals surface area contributed by atoms with Crippen molar-refractivity contribution in [3.8, 4) is 33.5 Å². The van der Waals surface area contributed by atoms with E-state index in [1.165, 1.54) is 27.1 Å². The summed E-state index contributed by atoms with van der Waals surface area (Å²) >= 11 is 0. The molecule has 2 aromatic heterocycles. The van der Waals surface area contributed by atoms with Crippen LogP contribution in [0.2, 0.25) is 0 Å². The molecule has 0 aliphatic rings. The molecule has 0 radical (unpaired) electrons. The van der Waals surface area contributed by atoms with Crippen molar-refractivity contribution in [2.75, 3.05) is 0 Å². The van der Waals surface area contributed by atoms with Crippen LogP contribution < -0.4 is 0 Å². The fourth-order valence-corrected chi connectivity index (χ4v) is 7.52. The summed E-state index contributed by atoms with van der Waals surface area (Å²) in [6.45, 7) is 2.14. The maximum Gasteiger partial charge on any atom is 0.143 e. The van der Waals surface area contributed by atoms with Gasteiger partial charge < -0.3 is 4.42 Å². The first kappa shape index (κ1) is 26.9. The second kappa shape index (κ2) is 10.3. The zero-order chi connectivity index (χ0) is 31.8. The highest BCUT2D eigenvalue weighted by Gasteiger charge is 2.19. The molecule has 3 heteroatoms. The van der Waals surface area contributed by atoms with Crippen molar-refractivity contribution in [1.29, 1.82) is 0 Å². The smallest absolute Gasteiger partial charge is 0.143 e. The van der Waals surface area contributed by atoms with E-state index in [4.69, 9.17) is 14.4 Å². The Kier molecular flexibility index (Phi) is 5.79. The van der Waals surface area contributed by atoms with Crippen LogP contribution in [0.3, 0.4) is 0 Å². The van der Waals surface area contributed by atoms with Crippen LogP contribution in [0.1, 0.15) is 5.56 Å². The Hall–Kier alpha value is -6.32. The van der Waals surface area contributed by atoms with Crippen molar-refractivity contribution in [3.63, 3.8) is 0 Å². The molecular formula is C45H28N2O. The maximum atomic E-state index is 6.94. The molecule has 0 aliphatic heterocycles. The summed E-state index contributed by atoms with van der Waals surface area (Å²) < 4.78 is 6.94. The van der Waals surface area contributed by atoms with Gasteiger partial charge in [0.05, 0.1) is 22.9 Å². The van der Waals surface area contributed by atoms with Gasteiger partial charge in [-0.2, -0.15) is 0 Å². The molecular weight excluding hydrogens is 585 g/mol. The SMILES string of the molecule is Cc1cccc(-c2c3ccccc3cc3c2oc2c(-c4cccc(-c5cnc6c7ccccc7c7ccccc7c6n5)c4)cccc23)c1. The summed E-state index contributed by atoms with van der Waals surface area (Å²) in [5.41, 5.74) is 11.1. The van der Waals surface area contributed by atoms with Crippen molar-refractivity contribution in [2.24, 2.45) is 0 Å². The first-order chi connectivity index (χ1) is 23.7. The fourth-order valence-electron chi connectivity index (χ4n) is 7.52. The molecule has 0 unspecified atom stereocenters. The maximum absolute atomic E-state index is 6.94. The fraction of sp³-hybridized carbons (Fsp3) is 0.0222. The van der Waals surface area contributed by atoms with Crippen LogP contribution in [0, 0.1) is 6.92 Å². The zero-order valence-corrected chi connectivity index (χ0v) is 26.2. The minimum Gasteiger partial charge on any atom is -0.455 e. The molecule has 3 nitrogen and oxygen atoms in total.